The molecule has 1 atom stereocenters. The van der Waals surface area contributed by atoms with Crippen LogP contribution < -0.4 is 10.6 Å². The van der Waals surface area contributed by atoms with Gasteiger partial charge in [0.2, 0.25) is 5.91 Å². The van der Waals surface area contributed by atoms with E-state index in [1.54, 1.807) is 6.20 Å². The van der Waals surface area contributed by atoms with Crippen LogP contribution in [0.1, 0.15) is 40.3 Å². The van der Waals surface area contributed by atoms with Gasteiger partial charge in [-0.2, -0.15) is 0 Å². The van der Waals surface area contributed by atoms with E-state index in [1.165, 1.54) is 11.6 Å². The molecule has 0 radical (unpaired) electrons. The standard InChI is InChI=1S/C14H25N5O2/c1-9(2)14(11(5)20)16-13(21)8-19-7-12(17-18-19)6-15-10(3)4/h7,9-10,14-15H,6,8H2,1-5H3,(H,16,21). The maximum absolute atomic E-state index is 11.9. The number of ketones is 1. The summed E-state index contributed by atoms with van der Waals surface area (Å²) in [5.74, 6) is -0.219. The summed E-state index contributed by atoms with van der Waals surface area (Å²) in [5.41, 5.74) is 0.781. The maximum Gasteiger partial charge on any atom is 0.242 e. The third kappa shape index (κ3) is 6.03. The van der Waals surface area contributed by atoms with Crippen LogP contribution in [0.25, 0.3) is 0 Å². The zero-order valence-corrected chi connectivity index (χ0v) is 13.4. The molecular formula is C14H25N5O2. The molecule has 1 heterocycles. The third-order valence-corrected chi connectivity index (χ3v) is 3.00. The molecular weight excluding hydrogens is 270 g/mol. The van der Waals surface area contributed by atoms with Crippen molar-refractivity contribution in [2.45, 2.75) is 59.8 Å². The average molecular weight is 295 g/mol. The first-order valence-corrected chi connectivity index (χ1v) is 7.21. The Balaban J connectivity index is 2.53. The van der Waals surface area contributed by atoms with E-state index in [4.69, 9.17) is 0 Å². The number of carbonyl (C=O) groups excluding carboxylic acids is 2. The van der Waals surface area contributed by atoms with Gasteiger partial charge in [0.05, 0.1) is 17.9 Å². The number of nitrogens with one attached hydrogen (secondary N) is 2. The molecule has 0 aliphatic rings. The molecule has 7 heteroatoms. The van der Waals surface area contributed by atoms with Gasteiger partial charge in [-0.1, -0.05) is 32.9 Å². The van der Waals surface area contributed by atoms with Crippen LogP contribution in [0.15, 0.2) is 6.20 Å². The van der Waals surface area contributed by atoms with Crippen molar-refractivity contribution in [3.05, 3.63) is 11.9 Å². The molecule has 1 amide bonds. The Bertz CT molecular complexity index is 481. The highest BCUT2D eigenvalue weighted by Crippen LogP contribution is 2.03. The number of nitrogens with zero attached hydrogens (tertiary/aromatic N) is 3. The van der Waals surface area contributed by atoms with Crippen LogP contribution in [0.3, 0.4) is 0 Å². The molecule has 1 aromatic rings. The fraction of sp³-hybridized carbons (Fsp3) is 0.714. The molecule has 0 saturated heterocycles. The molecule has 0 aliphatic carbocycles. The molecule has 21 heavy (non-hydrogen) atoms. The number of rotatable bonds is 8. The number of hydrogen-bond acceptors (Lipinski definition) is 5. The quantitative estimate of drug-likeness (QED) is 0.729. The Kier molecular flexibility index (Phi) is 6.48. The molecule has 0 spiro atoms. The van der Waals surface area contributed by atoms with E-state index in [0.717, 1.165) is 5.69 Å². The Morgan fingerprint density at radius 3 is 2.48 bits per heavy atom. The number of carbonyl (C=O) groups is 2. The minimum atomic E-state index is -0.455. The lowest BCUT2D eigenvalue weighted by Crippen LogP contribution is -2.44. The van der Waals surface area contributed by atoms with Crippen LogP contribution in [-0.4, -0.2) is 38.8 Å². The largest absolute Gasteiger partial charge is 0.344 e. The topological polar surface area (TPSA) is 88.9 Å². The van der Waals surface area contributed by atoms with E-state index in [2.05, 4.69) is 20.9 Å². The zero-order chi connectivity index (χ0) is 16.0. The highest BCUT2D eigenvalue weighted by Gasteiger charge is 2.20. The highest BCUT2D eigenvalue weighted by molar-refractivity contribution is 5.87. The average Bonchev–Trinajstić information content (AvgIpc) is 2.80. The minimum Gasteiger partial charge on any atom is -0.344 e. The van der Waals surface area contributed by atoms with Gasteiger partial charge < -0.3 is 10.6 Å². The molecule has 7 nitrogen and oxygen atoms in total. The number of hydrogen-bond donors (Lipinski definition) is 2. The van der Waals surface area contributed by atoms with Crippen molar-refractivity contribution in [2.75, 3.05) is 0 Å². The molecule has 0 aromatic carbocycles. The Labute approximate surface area is 125 Å². The van der Waals surface area contributed by atoms with Gasteiger partial charge in [0, 0.05) is 12.6 Å². The molecule has 118 valence electrons. The van der Waals surface area contributed by atoms with Crippen molar-refractivity contribution < 1.29 is 9.59 Å². The van der Waals surface area contributed by atoms with Gasteiger partial charge in [-0.05, 0) is 12.8 Å². The van der Waals surface area contributed by atoms with Gasteiger partial charge in [0.1, 0.15) is 6.54 Å². The fourth-order valence-electron chi connectivity index (χ4n) is 1.91. The summed E-state index contributed by atoms with van der Waals surface area (Å²) in [6.45, 7) is 10.1. The van der Waals surface area contributed by atoms with Crippen molar-refractivity contribution in [1.82, 2.24) is 25.6 Å². The highest BCUT2D eigenvalue weighted by atomic mass is 16.2. The van der Waals surface area contributed by atoms with Crippen molar-refractivity contribution >= 4 is 11.7 Å². The lowest BCUT2D eigenvalue weighted by Gasteiger charge is -2.19. The number of aromatic nitrogens is 3. The Morgan fingerprint density at radius 1 is 1.29 bits per heavy atom. The number of Topliss-reactive ketones (excluding diaryl/α,β-unsaturated/α-hetero) is 1. The normalized spacial score (nSPS) is 12.7. The summed E-state index contributed by atoms with van der Waals surface area (Å²) in [6, 6.07) is -0.0936. The van der Waals surface area contributed by atoms with E-state index in [1.807, 2.05) is 27.7 Å². The van der Waals surface area contributed by atoms with Gasteiger partial charge >= 0.3 is 0 Å². The molecule has 1 aromatic heterocycles. The first-order valence-electron chi connectivity index (χ1n) is 7.21. The second-order valence-electron chi connectivity index (χ2n) is 5.84. The molecule has 1 rings (SSSR count). The van der Waals surface area contributed by atoms with Gasteiger partial charge in [-0.15, -0.1) is 5.10 Å². The summed E-state index contributed by atoms with van der Waals surface area (Å²) in [7, 11) is 0. The molecule has 2 N–H and O–H groups in total. The van der Waals surface area contributed by atoms with Crippen molar-refractivity contribution in [2.24, 2.45) is 5.92 Å². The predicted octanol–water partition coefficient (Wildman–Crippen LogP) is 0.506. The van der Waals surface area contributed by atoms with Crippen LogP contribution >= 0.6 is 0 Å². The van der Waals surface area contributed by atoms with Gasteiger partial charge in [-0.3, -0.25) is 9.59 Å². The van der Waals surface area contributed by atoms with E-state index in [0.29, 0.717) is 12.6 Å². The van der Waals surface area contributed by atoms with Crippen LogP contribution in [-0.2, 0) is 22.7 Å². The van der Waals surface area contributed by atoms with E-state index in [-0.39, 0.29) is 24.2 Å². The molecule has 0 aliphatic heterocycles. The lowest BCUT2D eigenvalue weighted by molar-refractivity contribution is -0.128. The first kappa shape index (κ1) is 17.3. The molecule has 1 unspecified atom stereocenters. The summed E-state index contributed by atoms with van der Waals surface area (Å²) in [6.07, 6.45) is 1.73. The van der Waals surface area contributed by atoms with Crippen LogP contribution in [0, 0.1) is 5.92 Å². The van der Waals surface area contributed by atoms with Crippen molar-refractivity contribution in [3.63, 3.8) is 0 Å². The summed E-state index contributed by atoms with van der Waals surface area (Å²) in [5, 5.41) is 13.9. The predicted molar refractivity (Wildman–Crippen MR) is 79.4 cm³/mol. The van der Waals surface area contributed by atoms with Gasteiger partial charge in [-0.25, -0.2) is 4.68 Å². The summed E-state index contributed by atoms with van der Waals surface area (Å²) < 4.78 is 1.48. The molecule has 0 bridgehead atoms. The second-order valence-corrected chi connectivity index (χ2v) is 5.84. The van der Waals surface area contributed by atoms with Gasteiger partial charge in [0.15, 0.2) is 5.78 Å². The summed E-state index contributed by atoms with van der Waals surface area (Å²) >= 11 is 0. The van der Waals surface area contributed by atoms with Crippen LogP contribution in [0.4, 0.5) is 0 Å². The first-order chi connectivity index (χ1) is 9.79. The lowest BCUT2D eigenvalue weighted by atomic mass is 10.0. The van der Waals surface area contributed by atoms with Crippen LogP contribution in [0.5, 0.6) is 0 Å². The van der Waals surface area contributed by atoms with Crippen molar-refractivity contribution in [1.29, 1.82) is 0 Å². The third-order valence-electron chi connectivity index (χ3n) is 3.00. The smallest absolute Gasteiger partial charge is 0.242 e. The molecule has 0 fully saturated rings. The monoisotopic (exact) mass is 295 g/mol. The molecule has 0 saturated carbocycles. The Morgan fingerprint density at radius 2 is 1.95 bits per heavy atom. The SMILES string of the molecule is CC(=O)C(NC(=O)Cn1cc(CNC(C)C)nn1)C(C)C. The zero-order valence-electron chi connectivity index (χ0n) is 13.4. The minimum absolute atomic E-state index is 0.0428. The fourth-order valence-corrected chi connectivity index (χ4v) is 1.91. The van der Waals surface area contributed by atoms with Crippen molar-refractivity contribution in [3.8, 4) is 0 Å². The van der Waals surface area contributed by atoms with E-state index < -0.39 is 6.04 Å². The second kappa shape index (κ2) is 7.87. The Hall–Kier alpha value is -1.76. The summed E-state index contributed by atoms with van der Waals surface area (Å²) in [4.78, 5) is 23.4. The van der Waals surface area contributed by atoms with E-state index >= 15 is 0 Å². The van der Waals surface area contributed by atoms with E-state index in [9.17, 15) is 9.59 Å². The maximum atomic E-state index is 11.9. The van der Waals surface area contributed by atoms with Crippen LogP contribution in [0.2, 0.25) is 0 Å². The number of amides is 1. The van der Waals surface area contributed by atoms with Gasteiger partial charge in [0.25, 0.3) is 0 Å².